The maximum atomic E-state index is 11.1. The number of fused-ring (bicyclic) bond motifs is 1. The molecular formula is C14H13N3O2S. The normalized spacial score (nSPS) is 11.7. The fourth-order valence-electron chi connectivity index (χ4n) is 2.00. The molecule has 20 heavy (non-hydrogen) atoms. The summed E-state index contributed by atoms with van der Waals surface area (Å²) in [7, 11) is -3.24. The zero-order chi connectivity index (χ0) is 14.2. The smallest absolute Gasteiger partial charge is 0.229 e. The van der Waals surface area contributed by atoms with Crippen molar-refractivity contribution >= 4 is 21.4 Å². The highest BCUT2D eigenvalue weighted by Crippen LogP contribution is 2.21. The van der Waals surface area contributed by atoms with Gasteiger partial charge in [0.25, 0.3) is 0 Å². The molecule has 0 aliphatic rings. The van der Waals surface area contributed by atoms with Gasteiger partial charge in [-0.15, -0.1) is 0 Å². The number of aromatic nitrogens is 2. The molecule has 0 amide bonds. The molecule has 0 atom stereocenters. The molecule has 0 bridgehead atoms. The highest BCUT2D eigenvalue weighted by molar-refractivity contribution is 7.92. The van der Waals surface area contributed by atoms with Crippen LogP contribution in [-0.4, -0.2) is 24.1 Å². The Bertz CT molecular complexity index is 819. The lowest BCUT2D eigenvalue weighted by molar-refractivity contribution is 0.607. The minimum atomic E-state index is -3.24. The molecule has 0 aliphatic carbocycles. The number of rotatable bonds is 3. The summed E-state index contributed by atoms with van der Waals surface area (Å²) in [5.74, 6) is 0. The summed E-state index contributed by atoms with van der Waals surface area (Å²) < 4.78 is 26.7. The molecule has 3 aromatic rings. The van der Waals surface area contributed by atoms with Gasteiger partial charge in [0.15, 0.2) is 0 Å². The van der Waals surface area contributed by atoms with E-state index in [2.05, 4.69) is 9.71 Å². The molecule has 0 fully saturated rings. The second kappa shape index (κ2) is 4.64. The molecule has 0 aliphatic heterocycles. The number of nitrogens with zero attached hydrogens (tertiary/aromatic N) is 2. The fourth-order valence-corrected chi connectivity index (χ4v) is 2.56. The first-order valence-electron chi connectivity index (χ1n) is 6.03. The molecule has 2 aromatic heterocycles. The van der Waals surface area contributed by atoms with Gasteiger partial charge in [0.2, 0.25) is 10.0 Å². The first kappa shape index (κ1) is 12.7. The van der Waals surface area contributed by atoms with Gasteiger partial charge in [-0.25, -0.2) is 13.4 Å². The van der Waals surface area contributed by atoms with Crippen molar-refractivity contribution in [1.29, 1.82) is 0 Å². The van der Waals surface area contributed by atoms with E-state index in [1.807, 2.05) is 47.1 Å². The third kappa shape index (κ3) is 2.65. The number of benzene rings is 1. The topological polar surface area (TPSA) is 63.5 Å². The third-order valence-electron chi connectivity index (χ3n) is 2.85. The zero-order valence-corrected chi connectivity index (χ0v) is 11.6. The Morgan fingerprint density at radius 3 is 2.50 bits per heavy atom. The molecule has 1 N–H and O–H groups in total. The van der Waals surface area contributed by atoms with Gasteiger partial charge in [0, 0.05) is 23.6 Å². The predicted molar refractivity (Wildman–Crippen MR) is 79.1 cm³/mol. The van der Waals surface area contributed by atoms with Crippen molar-refractivity contribution in [3.8, 4) is 11.3 Å². The summed E-state index contributed by atoms with van der Waals surface area (Å²) in [5.41, 5.74) is 3.20. The predicted octanol–water partition coefficient (Wildman–Crippen LogP) is 2.37. The van der Waals surface area contributed by atoms with Crippen molar-refractivity contribution in [2.45, 2.75) is 0 Å². The summed E-state index contributed by atoms with van der Waals surface area (Å²) in [5, 5.41) is 0. The molecule has 102 valence electrons. The Morgan fingerprint density at radius 2 is 1.85 bits per heavy atom. The van der Waals surface area contributed by atoms with Crippen LogP contribution in [0.25, 0.3) is 16.9 Å². The van der Waals surface area contributed by atoms with Crippen molar-refractivity contribution in [1.82, 2.24) is 9.38 Å². The van der Waals surface area contributed by atoms with E-state index >= 15 is 0 Å². The van der Waals surface area contributed by atoms with E-state index in [9.17, 15) is 8.42 Å². The first-order chi connectivity index (χ1) is 9.51. The van der Waals surface area contributed by atoms with Crippen molar-refractivity contribution in [2.75, 3.05) is 11.0 Å². The SMILES string of the molecule is CS(=O)(=O)Nc1ccc(-c2cn3ccccc3n2)cc1. The van der Waals surface area contributed by atoms with Crippen molar-refractivity contribution < 1.29 is 8.42 Å². The third-order valence-corrected chi connectivity index (χ3v) is 3.45. The van der Waals surface area contributed by atoms with E-state index in [1.165, 1.54) is 0 Å². The number of imidazole rings is 1. The van der Waals surface area contributed by atoms with Gasteiger partial charge in [-0.1, -0.05) is 18.2 Å². The van der Waals surface area contributed by atoms with Crippen LogP contribution in [0.2, 0.25) is 0 Å². The number of sulfonamides is 1. The van der Waals surface area contributed by atoms with Gasteiger partial charge in [-0.05, 0) is 24.3 Å². The van der Waals surface area contributed by atoms with Crippen molar-refractivity contribution in [2.24, 2.45) is 0 Å². The number of pyridine rings is 1. The number of anilines is 1. The monoisotopic (exact) mass is 287 g/mol. The maximum absolute atomic E-state index is 11.1. The van der Waals surface area contributed by atoms with Crippen molar-refractivity contribution in [3.63, 3.8) is 0 Å². The average molecular weight is 287 g/mol. The van der Waals surface area contributed by atoms with E-state index in [1.54, 1.807) is 12.1 Å². The van der Waals surface area contributed by atoms with Gasteiger partial charge in [-0.3, -0.25) is 4.72 Å². The van der Waals surface area contributed by atoms with Gasteiger partial charge in [-0.2, -0.15) is 0 Å². The largest absolute Gasteiger partial charge is 0.306 e. The molecule has 0 unspecified atom stereocenters. The molecule has 6 heteroatoms. The second-order valence-electron chi connectivity index (χ2n) is 4.54. The highest BCUT2D eigenvalue weighted by atomic mass is 32.2. The van der Waals surface area contributed by atoms with Crippen LogP contribution in [0.4, 0.5) is 5.69 Å². The Hall–Kier alpha value is -2.34. The maximum Gasteiger partial charge on any atom is 0.229 e. The lowest BCUT2D eigenvalue weighted by atomic mass is 10.1. The second-order valence-corrected chi connectivity index (χ2v) is 6.29. The molecule has 3 rings (SSSR count). The standard InChI is InChI=1S/C14H13N3O2S/c1-20(18,19)16-12-7-5-11(6-8-12)13-10-17-9-3-2-4-14(17)15-13/h2-10,16H,1H3. The molecule has 1 aromatic carbocycles. The Labute approximate surface area is 117 Å². The number of nitrogens with one attached hydrogen (secondary N) is 1. The lowest BCUT2D eigenvalue weighted by Crippen LogP contribution is -2.09. The van der Waals surface area contributed by atoms with E-state index < -0.39 is 10.0 Å². The van der Waals surface area contributed by atoms with Crippen LogP contribution >= 0.6 is 0 Å². The molecular weight excluding hydrogens is 274 g/mol. The van der Waals surface area contributed by atoms with Gasteiger partial charge < -0.3 is 4.40 Å². The molecule has 2 heterocycles. The quantitative estimate of drug-likeness (QED) is 0.804. The van der Waals surface area contributed by atoms with Crippen LogP contribution in [0.3, 0.4) is 0 Å². The average Bonchev–Trinajstić information content (AvgIpc) is 2.81. The molecule has 0 radical (unpaired) electrons. The van der Waals surface area contributed by atoms with E-state index in [0.717, 1.165) is 23.2 Å². The van der Waals surface area contributed by atoms with Crippen LogP contribution in [-0.2, 0) is 10.0 Å². The zero-order valence-electron chi connectivity index (χ0n) is 10.8. The molecule has 5 nitrogen and oxygen atoms in total. The fraction of sp³-hybridized carbons (Fsp3) is 0.0714. The summed E-state index contributed by atoms with van der Waals surface area (Å²) in [6.07, 6.45) is 5.00. The summed E-state index contributed by atoms with van der Waals surface area (Å²) in [6.45, 7) is 0. The van der Waals surface area contributed by atoms with Crippen LogP contribution in [0.1, 0.15) is 0 Å². The molecule has 0 saturated heterocycles. The van der Waals surface area contributed by atoms with Crippen LogP contribution in [0.5, 0.6) is 0 Å². The van der Waals surface area contributed by atoms with Crippen molar-refractivity contribution in [3.05, 3.63) is 54.9 Å². The van der Waals surface area contributed by atoms with E-state index in [4.69, 9.17) is 0 Å². The molecule has 0 saturated carbocycles. The van der Waals surface area contributed by atoms with Gasteiger partial charge in [0.1, 0.15) is 5.65 Å². The van der Waals surface area contributed by atoms with Crippen LogP contribution in [0.15, 0.2) is 54.9 Å². The summed E-state index contributed by atoms with van der Waals surface area (Å²) in [4.78, 5) is 4.51. The Kier molecular flexibility index (Phi) is 2.94. The summed E-state index contributed by atoms with van der Waals surface area (Å²) >= 11 is 0. The Morgan fingerprint density at radius 1 is 1.10 bits per heavy atom. The van der Waals surface area contributed by atoms with E-state index in [-0.39, 0.29) is 0 Å². The highest BCUT2D eigenvalue weighted by Gasteiger charge is 2.05. The van der Waals surface area contributed by atoms with Crippen LogP contribution < -0.4 is 4.72 Å². The minimum absolute atomic E-state index is 0.542. The summed E-state index contributed by atoms with van der Waals surface area (Å²) in [6, 6.07) is 12.9. The number of hydrogen-bond acceptors (Lipinski definition) is 3. The Balaban J connectivity index is 1.94. The van der Waals surface area contributed by atoms with Crippen LogP contribution in [0, 0.1) is 0 Å². The van der Waals surface area contributed by atoms with E-state index in [0.29, 0.717) is 5.69 Å². The number of hydrogen-bond donors (Lipinski definition) is 1. The lowest BCUT2D eigenvalue weighted by Gasteiger charge is -2.04. The molecule has 0 spiro atoms. The minimum Gasteiger partial charge on any atom is -0.306 e. The van der Waals surface area contributed by atoms with Gasteiger partial charge >= 0.3 is 0 Å². The van der Waals surface area contributed by atoms with Gasteiger partial charge in [0.05, 0.1) is 11.9 Å². The first-order valence-corrected chi connectivity index (χ1v) is 7.92.